The van der Waals surface area contributed by atoms with Crippen molar-refractivity contribution in [2.45, 2.75) is 32.4 Å². The third-order valence-electron chi connectivity index (χ3n) is 2.35. The molecule has 0 aromatic rings. The summed E-state index contributed by atoms with van der Waals surface area (Å²) < 4.78 is 5.44. The van der Waals surface area contributed by atoms with Crippen LogP contribution in [0.3, 0.4) is 0 Å². The highest BCUT2D eigenvalue weighted by Gasteiger charge is 2.24. The Morgan fingerprint density at radius 2 is 2.33 bits per heavy atom. The Labute approximate surface area is 74.3 Å². The summed E-state index contributed by atoms with van der Waals surface area (Å²) in [6, 6.07) is 0.618. The first-order valence-electron chi connectivity index (χ1n) is 4.70. The minimum atomic E-state index is 0.137. The molecule has 1 rings (SSSR count). The van der Waals surface area contributed by atoms with Crippen molar-refractivity contribution in [3.05, 3.63) is 0 Å². The van der Waals surface area contributed by atoms with Crippen molar-refractivity contribution in [3.63, 3.8) is 0 Å². The molecule has 12 heavy (non-hydrogen) atoms. The molecule has 1 aliphatic heterocycles. The van der Waals surface area contributed by atoms with E-state index in [9.17, 15) is 0 Å². The van der Waals surface area contributed by atoms with E-state index in [4.69, 9.17) is 9.84 Å². The van der Waals surface area contributed by atoms with Crippen molar-refractivity contribution in [1.29, 1.82) is 0 Å². The maximum absolute atomic E-state index is 8.56. The van der Waals surface area contributed by atoms with Gasteiger partial charge in [-0.15, -0.1) is 0 Å². The van der Waals surface area contributed by atoms with E-state index in [0.717, 1.165) is 19.5 Å². The van der Waals surface area contributed by atoms with Crippen molar-refractivity contribution in [1.82, 2.24) is 4.90 Å². The number of aliphatic hydroxyl groups excluding tert-OH is 1. The number of nitrogens with zero attached hydrogens (tertiary/aromatic N) is 1. The maximum atomic E-state index is 8.56. The van der Waals surface area contributed by atoms with Gasteiger partial charge in [-0.25, -0.2) is 0 Å². The van der Waals surface area contributed by atoms with E-state index in [2.05, 4.69) is 18.7 Å². The van der Waals surface area contributed by atoms with Crippen LogP contribution in [0.15, 0.2) is 0 Å². The van der Waals surface area contributed by atoms with E-state index in [1.54, 1.807) is 0 Å². The number of rotatable bonds is 4. The molecule has 0 bridgehead atoms. The van der Waals surface area contributed by atoms with Crippen LogP contribution in [-0.4, -0.2) is 48.5 Å². The zero-order valence-corrected chi connectivity index (χ0v) is 7.99. The van der Waals surface area contributed by atoms with Gasteiger partial charge in [0.25, 0.3) is 0 Å². The largest absolute Gasteiger partial charge is 0.394 e. The molecule has 0 aromatic heterocycles. The summed E-state index contributed by atoms with van der Waals surface area (Å²) in [6.07, 6.45) is 1.46. The summed E-state index contributed by atoms with van der Waals surface area (Å²) in [4.78, 5) is 2.40. The smallest absolute Gasteiger partial charge is 0.0715 e. The summed E-state index contributed by atoms with van der Waals surface area (Å²) in [6.45, 7) is 7.18. The lowest BCUT2D eigenvalue weighted by Crippen LogP contribution is -2.30. The molecular formula is C9H19NO2. The first kappa shape index (κ1) is 9.96. The fraction of sp³-hybridized carbons (Fsp3) is 1.00. The molecule has 0 saturated carbocycles. The molecule has 1 unspecified atom stereocenters. The Morgan fingerprint density at radius 1 is 1.58 bits per heavy atom. The number of ether oxygens (including phenoxy) is 1. The Morgan fingerprint density at radius 3 is 2.83 bits per heavy atom. The van der Waals surface area contributed by atoms with Gasteiger partial charge in [0.2, 0.25) is 0 Å². The molecule has 3 heteroatoms. The van der Waals surface area contributed by atoms with Gasteiger partial charge in [0.15, 0.2) is 0 Å². The molecule has 0 aliphatic carbocycles. The van der Waals surface area contributed by atoms with Crippen LogP contribution >= 0.6 is 0 Å². The monoisotopic (exact) mass is 173 g/mol. The van der Waals surface area contributed by atoms with Gasteiger partial charge in [0.05, 0.1) is 19.3 Å². The zero-order chi connectivity index (χ0) is 8.97. The highest BCUT2D eigenvalue weighted by atomic mass is 16.5. The second kappa shape index (κ2) is 4.80. The Balaban J connectivity index is 2.17. The van der Waals surface area contributed by atoms with Crippen LogP contribution < -0.4 is 0 Å². The van der Waals surface area contributed by atoms with E-state index in [0.29, 0.717) is 18.8 Å². The Bertz CT molecular complexity index is 128. The van der Waals surface area contributed by atoms with E-state index < -0.39 is 0 Å². The molecular weight excluding hydrogens is 154 g/mol. The highest BCUT2D eigenvalue weighted by molar-refractivity contribution is 4.78. The molecule has 0 amide bonds. The van der Waals surface area contributed by atoms with Crippen LogP contribution in [0.4, 0.5) is 0 Å². The molecule has 3 nitrogen and oxygen atoms in total. The van der Waals surface area contributed by atoms with E-state index >= 15 is 0 Å². The summed E-state index contributed by atoms with van der Waals surface area (Å²) in [5.74, 6) is 0. The van der Waals surface area contributed by atoms with E-state index in [1.807, 2.05) is 0 Å². The molecule has 1 atom stereocenters. The highest BCUT2D eigenvalue weighted by Crippen LogP contribution is 2.14. The molecule has 0 spiro atoms. The van der Waals surface area contributed by atoms with Gasteiger partial charge in [-0.3, -0.25) is 4.90 Å². The third kappa shape index (κ3) is 2.73. The number of likely N-dealkylation sites (tertiary alicyclic amines) is 1. The summed E-state index contributed by atoms with van der Waals surface area (Å²) in [7, 11) is 0. The summed E-state index contributed by atoms with van der Waals surface area (Å²) in [5, 5.41) is 8.56. The van der Waals surface area contributed by atoms with E-state index in [1.165, 1.54) is 0 Å². The number of hydrogen-bond donors (Lipinski definition) is 1. The molecule has 1 aliphatic rings. The second-order valence-corrected chi connectivity index (χ2v) is 3.59. The normalized spacial score (nSPS) is 25.5. The molecule has 1 saturated heterocycles. The van der Waals surface area contributed by atoms with Crippen molar-refractivity contribution < 1.29 is 9.84 Å². The lowest BCUT2D eigenvalue weighted by atomic mass is 10.3. The number of aliphatic hydroxyl groups is 1. The Hall–Kier alpha value is -0.120. The average Bonchev–Trinajstić information content (AvgIpc) is 2.48. The molecule has 1 heterocycles. The maximum Gasteiger partial charge on any atom is 0.0715 e. The minimum Gasteiger partial charge on any atom is -0.394 e. The molecule has 0 aromatic carbocycles. The predicted octanol–water partition coefficient (Wildman–Crippen LogP) is 0.478. The molecule has 0 radical (unpaired) electrons. The molecule has 1 fully saturated rings. The average molecular weight is 173 g/mol. The number of hydrogen-bond acceptors (Lipinski definition) is 3. The van der Waals surface area contributed by atoms with Gasteiger partial charge in [-0.2, -0.15) is 0 Å². The topological polar surface area (TPSA) is 32.7 Å². The van der Waals surface area contributed by atoms with Gasteiger partial charge in [-0.05, 0) is 20.3 Å². The van der Waals surface area contributed by atoms with E-state index in [-0.39, 0.29) is 6.61 Å². The van der Waals surface area contributed by atoms with Crippen LogP contribution in [0.5, 0.6) is 0 Å². The fourth-order valence-corrected chi connectivity index (χ4v) is 1.58. The third-order valence-corrected chi connectivity index (χ3v) is 2.35. The fourth-order valence-electron chi connectivity index (χ4n) is 1.58. The van der Waals surface area contributed by atoms with Gasteiger partial charge in [0.1, 0.15) is 0 Å². The van der Waals surface area contributed by atoms with Crippen LogP contribution in [0.1, 0.15) is 20.3 Å². The molecule has 1 N–H and O–H groups in total. The van der Waals surface area contributed by atoms with Gasteiger partial charge in [0, 0.05) is 19.1 Å². The molecule has 72 valence electrons. The first-order chi connectivity index (χ1) is 5.74. The SMILES string of the molecule is CC(C)N1CCC(OCCO)C1. The van der Waals surface area contributed by atoms with Crippen molar-refractivity contribution in [3.8, 4) is 0 Å². The van der Waals surface area contributed by atoms with Gasteiger partial charge < -0.3 is 9.84 Å². The van der Waals surface area contributed by atoms with Crippen LogP contribution in [-0.2, 0) is 4.74 Å². The van der Waals surface area contributed by atoms with Gasteiger partial charge in [-0.1, -0.05) is 0 Å². The summed E-state index contributed by atoms with van der Waals surface area (Å²) >= 11 is 0. The zero-order valence-electron chi connectivity index (χ0n) is 7.99. The van der Waals surface area contributed by atoms with Crippen LogP contribution in [0.25, 0.3) is 0 Å². The lowest BCUT2D eigenvalue weighted by molar-refractivity contribution is 0.0324. The van der Waals surface area contributed by atoms with Crippen molar-refractivity contribution in [2.75, 3.05) is 26.3 Å². The first-order valence-corrected chi connectivity index (χ1v) is 4.70. The van der Waals surface area contributed by atoms with Crippen LogP contribution in [0.2, 0.25) is 0 Å². The summed E-state index contributed by atoms with van der Waals surface area (Å²) in [5.41, 5.74) is 0. The van der Waals surface area contributed by atoms with Crippen LogP contribution in [0, 0.1) is 0 Å². The van der Waals surface area contributed by atoms with Crippen molar-refractivity contribution >= 4 is 0 Å². The van der Waals surface area contributed by atoms with Gasteiger partial charge >= 0.3 is 0 Å². The second-order valence-electron chi connectivity index (χ2n) is 3.59. The quantitative estimate of drug-likeness (QED) is 0.671. The standard InChI is InChI=1S/C9H19NO2/c1-8(2)10-4-3-9(7-10)12-6-5-11/h8-9,11H,3-7H2,1-2H3. The van der Waals surface area contributed by atoms with Crippen molar-refractivity contribution in [2.24, 2.45) is 0 Å². The lowest BCUT2D eigenvalue weighted by Gasteiger charge is -2.19. The minimum absolute atomic E-state index is 0.137. The predicted molar refractivity (Wildman–Crippen MR) is 48.2 cm³/mol. The Kier molecular flexibility index (Phi) is 3.98.